The van der Waals surface area contributed by atoms with Crippen molar-refractivity contribution < 1.29 is 14.7 Å². The van der Waals surface area contributed by atoms with Crippen LogP contribution in [-0.2, 0) is 11.3 Å². The molecule has 0 aromatic carbocycles. The Morgan fingerprint density at radius 1 is 1.53 bits per heavy atom. The van der Waals surface area contributed by atoms with Gasteiger partial charge in [-0.05, 0) is 28.8 Å². The van der Waals surface area contributed by atoms with Crippen LogP contribution in [0.5, 0.6) is 0 Å². The van der Waals surface area contributed by atoms with Crippen LogP contribution in [0.2, 0.25) is 0 Å². The van der Waals surface area contributed by atoms with Gasteiger partial charge < -0.3 is 15.3 Å². The molecule has 1 heterocycles. The molecule has 5 nitrogen and oxygen atoms in total. The van der Waals surface area contributed by atoms with Gasteiger partial charge in [0, 0.05) is 13.6 Å². The zero-order valence-electron chi connectivity index (χ0n) is 10.6. The van der Waals surface area contributed by atoms with Crippen LogP contribution < -0.4 is 5.32 Å². The number of nitrogens with one attached hydrogen (secondary N) is 1. The molecule has 1 aromatic rings. The number of hydrogen-bond acceptors (Lipinski definition) is 3. The maximum atomic E-state index is 11.9. The predicted molar refractivity (Wildman–Crippen MR) is 73.0 cm³/mol. The summed E-state index contributed by atoms with van der Waals surface area (Å²) in [4.78, 5) is 24.3. The highest BCUT2D eigenvalue weighted by Gasteiger charge is 2.26. The molecule has 0 saturated carbocycles. The number of thiophene rings is 1. The Balaban J connectivity index is 1.81. The second-order valence-electron chi connectivity index (χ2n) is 4.61. The second-order valence-corrected chi connectivity index (χ2v) is 5.39. The fraction of sp³-hybridized carbons (Fsp3) is 0.385. The molecule has 6 heteroatoms. The summed E-state index contributed by atoms with van der Waals surface area (Å²) >= 11 is 1.59. The first-order chi connectivity index (χ1) is 9.06. The molecule has 0 aliphatic heterocycles. The number of hydrogen-bond donors (Lipinski definition) is 2. The molecule has 0 bridgehead atoms. The van der Waals surface area contributed by atoms with E-state index >= 15 is 0 Å². The first-order valence-corrected chi connectivity index (χ1v) is 6.94. The zero-order chi connectivity index (χ0) is 13.8. The molecule has 2 rings (SSSR count). The molecule has 2 N–H and O–H groups in total. The highest BCUT2D eigenvalue weighted by Crippen LogP contribution is 2.18. The number of rotatable bonds is 4. The van der Waals surface area contributed by atoms with Crippen LogP contribution in [0.3, 0.4) is 0 Å². The average molecular weight is 280 g/mol. The molecule has 0 spiro atoms. The Labute approximate surface area is 115 Å². The van der Waals surface area contributed by atoms with E-state index < -0.39 is 11.9 Å². The first-order valence-electron chi connectivity index (χ1n) is 6.00. The minimum atomic E-state index is -0.848. The van der Waals surface area contributed by atoms with Crippen LogP contribution in [0.1, 0.15) is 12.0 Å². The molecule has 0 radical (unpaired) electrons. The van der Waals surface area contributed by atoms with E-state index in [-0.39, 0.29) is 12.1 Å². The maximum absolute atomic E-state index is 11.9. The SMILES string of the molecule is CN(Cc1ccsc1)C(=O)NC1C=CC(C(=O)O)C1. The normalized spacial score (nSPS) is 21.3. The number of aliphatic carboxylic acids is 1. The molecule has 1 aliphatic rings. The average Bonchev–Trinajstić information content (AvgIpc) is 2.99. The number of nitrogens with zero attached hydrogens (tertiary/aromatic N) is 1. The summed E-state index contributed by atoms with van der Waals surface area (Å²) in [7, 11) is 1.72. The van der Waals surface area contributed by atoms with E-state index in [0.29, 0.717) is 13.0 Å². The van der Waals surface area contributed by atoms with Crippen molar-refractivity contribution in [3.05, 3.63) is 34.5 Å². The molecular weight excluding hydrogens is 264 g/mol. The van der Waals surface area contributed by atoms with E-state index in [2.05, 4.69) is 5.32 Å². The summed E-state index contributed by atoms with van der Waals surface area (Å²) in [6, 6.07) is 1.59. The van der Waals surface area contributed by atoms with Crippen LogP contribution in [0, 0.1) is 5.92 Å². The molecule has 2 unspecified atom stereocenters. The molecular formula is C13H16N2O3S. The van der Waals surface area contributed by atoms with Crippen LogP contribution in [0.25, 0.3) is 0 Å². The quantitative estimate of drug-likeness (QED) is 0.828. The number of carbonyl (C=O) groups excluding carboxylic acids is 1. The Bertz CT molecular complexity index is 484. The van der Waals surface area contributed by atoms with Crippen molar-refractivity contribution in [3.63, 3.8) is 0 Å². The van der Waals surface area contributed by atoms with Gasteiger partial charge in [0.1, 0.15) is 0 Å². The van der Waals surface area contributed by atoms with Gasteiger partial charge in [-0.15, -0.1) is 0 Å². The number of urea groups is 1. The fourth-order valence-corrected chi connectivity index (χ4v) is 2.65. The van der Waals surface area contributed by atoms with Gasteiger partial charge in [0.05, 0.1) is 12.0 Å². The fourth-order valence-electron chi connectivity index (χ4n) is 1.99. The first kappa shape index (κ1) is 13.6. The maximum Gasteiger partial charge on any atom is 0.317 e. The lowest BCUT2D eigenvalue weighted by Gasteiger charge is -2.20. The Morgan fingerprint density at radius 3 is 2.89 bits per heavy atom. The van der Waals surface area contributed by atoms with Crippen LogP contribution in [0.15, 0.2) is 29.0 Å². The molecule has 0 saturated heterocycles. The summed E-state index contributed by atoms with van der Waals surface area (Å²) in [5.74, 6) is -1.34. The van der Waals surface area contributed by atoms with Crippen LogP contribution >= 0.6 is 11.3 Å². The minimum absolute atomic E-state index is 0.188. The third kappa shape index (κ3) is 3.57. The molecule has 1 aliphatic carbocycles. The highest BCUT2D eigenvalue weighted by atomic mass is 32.1. The van der Waals surface area contributed by atoms with Crippen molar-refractivity contribution in [1.29, 1.82) is 0 Å². The van der Waals surface area contributed by atoms with Crippen molar-refractivity contribution in [2.75, 3.05) is 7.05 Å². The van der Waals surface area contributed by atoms with Gasteiger partial charge in [0.25, 0.3) is 0 Å². The lowest BCUT2D eigenvalue weighted by Crippen LogP contribution is -2.41. The topological polar surface area (TPSA) is 69.6 Å². The van der Waals surface area contributed by atoms with E-state index in [0.717, 1.165) is 5.56 Å². The molecule has 102 valence electrons. The summed E-state index contributed by atoms with van der Waals surface area (Å²) in [6.45, 7) is 0.550. The zero-order valence-corrected chi connectivity index (χ0v) is 11.4. The summed E-state index contributed by atoms with van der Waals surface area (Å²) < 4.78 is 0. The van der Waals surface area contributed by atoms with Gasteiger partial charge in [0.15, 0.2) is 0 Å². The van der Waals surface area contributed by atoms with Crippen LogP contribution in [0.4, 0.5) is 4.79 Å². The van der Waals surface area contributed by atoms with Gasteiger partial charge in [-0.25, -0.2) is 4.79 Å². The van der Waals surface area contributed by atoms with Gasteiger partial charge in [-0.1, -0.05) is 12.2 Å². The van der Waals surface area contributed by atoms with Gasteiger partial charge in [-0.3, -0.25) is 4.79 Å². The highest BCUT2D eigenvalue weighted by molar-refractivity contribution is 7.07. The molecule has 2 amide bonds. The summed E-state index contributed by atoms with van der Waals surface area (Å²) in [5, 5.41) is 15.7. The van der Waals surface area contributed by atoms with Crippen molar-refractivity contribution in [1.82, 2.24) is 10.2 Å². The predicted octanol–water partition coefficient (Wildman–Crippen LogP) is 1.92. The van der Waals surface area contributed by atoms with Gasteiger partial charge in [-0.2, -0.15) is 11.3 Å². The molecule has 19 heavy (non-hydrogen) atoms. The number of carboxylic acid groups (broad SMARTS) is 1. The largest absolute Gasteiger partial charge is 0.481 e. The van der Waals surface area contributed by atoms with Crippen molar-refractivity contribution in [2.24, 2.45) is 5.92 Å². The Morgan fingerprint density at radius 2 is 2.32 bits per heavy atom. The summed E-state index contributed by atoms with van der Waals surface area (Å²) in [5.41, 5.74) is 1.09. The molecule has 0 fully saturated rings. The number of carboxylic acids is 1. The standard InChI is InChI=1S/C13H16N2O3S/c1-15(7-9-4-5-19-8-9)13(18)14-11-3-2-10(6-11)12(16)17/h2-5,8,10-11H,6-7H2,1H3,(H,14,18)(H,16,17). The lowest BCUT2D eigenvalue weighted by molar-refractivity contribution is -0.140. The Hall–Kier alpha value is -1.82. The van der Waals surface area contributed by atoms with E-state index in [1.807, 2.05) is 16.8 Å². The van der Waals surface area contributed by atoms with E-state index in [1.54, 1.807) is 35.4 Å². The van der Waals surface area contributed by atoms with E-state index in [9.17, 15) is 9.59 Å². The van der Waals surface area contributed by atoms with Gasteiger partial charge >= 0.3 is 12.0 Å². The van der Waals surface area contributed by atoms with Crippen molar-refractivity contribution >= 4 is 23.3 Å². The van der Waals surface area contributed by atoms with Crippen LogP contribution in [-0.4, -0.2) is 35.1 Å². The monoisotopic (exact) mass is 280 g/mol. The van der Waals surface area contributed by atoms with E-state index in [1.165, 1.54) is 0 Å². The third-order valence-electron chi connectivity index (χ3n) is 3.06. The molecule has 1 aromatic heterocycles. The van der Waals surface area contributed by atoms with Crippen molar-refractivity contribution in [3.8, 4) is 0 Å². The number of amides is 2. The van der Waals surface area contributed by atoms with Crippen molar-refractivity contribution in [2.45, 2.75) is 19.0 Å². The summed E-state index contributed by atoms with van der Waals surface area (Å²) in [6.07, 6.45) is 3.80. The molecule has 2 atom stereocenters. The second kappa shape index (κ2) is 5.88. The Kier molecular flexibility index (Phi) is 4.21. The smallest absolute Gasteiger partial charge is 0.317 e. The number of carbonyl (C=O) groups is 2. The lowest BCUT2D eigenvalue weighted by atomic mass is 10.1. The third-order valence-corrected chi connectivity index (χ3v) is 3.79. The van der Waals surface area contributed by atoms with Gasteiger partial charge in [0.2, 0.25) is 0 Å². The van der Waals surface area contributed by atoms with E-state index in [4.69, 9.17) is 5.11 Å². The minimum Gasteiger partial charge on any atom is -0.481 e.